The molecule has 116 valence electrons. The molecule has 1 fully saturated rings. The maximum absolute atomic E-state index is 12.5. The van der Waals surface area contributed by atoms with Crippen LogP contribution in [-0.2, 0) is 0 Å². The van der Waals surface area contributed by atoms with Gasteiger partial charge >= 0.3 is 5.97 Å². The molecule has 1 aromatic heterocycles. The minimum absolute atomic E-state index is 0.0398. The first-order chi connectivity index (χ1) is 10.4. The molecule has 0 aliphatic heterocycles. The van der Waals surface area contributed by atoms with E-state index in [0.717, 1.165) is 18.4 Å². The third kappa shape index (κ3) is 2.36. The van der Waals surface area contributed by atoms with Gasteiger partial charge in [-0.2, -0.15) is 0 Å². The Kier molecular flexibility index (Phi) is 3.43. The Hall–Kier alpha value is -2.30. The first kappa shape index (κ1) is 14.6. The van der Waals surface area contributed by atoms with Gasteiger partial charge in [0.1, 0.15) is 11.3 Å². The standard InChI is InChI=1S/C17H19NO4/c1-9(2)22-12-6-7-13-14(8-12)18(11-4-5-11)10(3)15(16(13)19)17(20)21/h6-9,11H,4-5H2,1-3H3,(H,20,21). The van der Waals surface area contributed by atoms with Crippen molar-refractivity contribution in [1.82, 2.24) is 4.57 Å². The van der Waals surface area contributed by atoms with Gasteiger partial charge in [0.25, 0.3) is 0 Å². The van der Waals surface area contributed by atoms with Crippen LogP contribution in [0.1, 0.15) is 48.8 Å². The number of nitrogens with zero attached hydrogens (tertiary/aromatic N) is 1. The summed E-state index contributed by atoms with van der Waals surface area (Å²) >= 11 is 0. The average Bonchev–Trinajstić information content (AvgIpc) is 3.22. The van der Waals surface area contributed by atoms with Crippen molar-refractivity contribution in [2.75, 3.05) is 0 Å². The average molecular weight is 301 g/mol. The molecule has 0 atom stereocenters. The van der Waals surface area contributed by atoms with E-state index in [9.17, 15) is 14.7 Å². The minimum Gasteiger partial charge on any atom is -0.491 e. The van der Waals surface area contributed by atoms with Gasteiger partial charge in [-0.25, -0.2) is 4.79 Å². The van der Waals surface area contributed by atoms with E-state index >= 15 is 0 Å². The van der Waals surface area contributed by atoms with Crippen molar-refractivity contribution in [3.05, 3.63) is 39.7 Å². The highest BCUT2D eigenvalue weighted by atomic mass is 16.5. The van der Waals surface area contributed by atoms with Crippen LogP contribution in [0.4, 0.5) is 0 Å². The molecular formula is C17H19NO4. The highest BCUT2D eigenvalue weighted by molar-refractivity contribution is 5.94. The van der Waals surface area contributed by atoms with E-state index in [1.807, 2.05) is 24.5 Å². The van der Waals surface area contributed by atoms with Crippen molar-refractivity contribution in [2.45, 2.75) is 45.8 Å². The molecule has 0 unspecified atom stereocenters. The second-order valence-electron chi connectivity index (χ2n) is 6.04. The number of carboxylic acids is 1. The maximum Gasteiger partial charge on any atom is 0.341 e. The fourth-order valence-corrected chi connectivity index (χ4v) is 2.90. The van der Waals surface area contributed by atoms with Gasteiger partial charge < -0.3 is 14.4 Å². The number of aromatic nitrogens is 1. The highest BCUT2D eigenvalue weighted by Crippen LogP contribution is 2.39. The van der Waals surface area contributed by atoms with Gasteiger partial charge in [0.05, 0.1) is 11.6 Å². The number of hydrogen-bond acceptors (Lipinski definition) is 3. The van der Waals surface area contributed by atoms with E-state index in [4.69, 9.17) is 4.74 Å². The zero-order valence-electron chi connectivity index (χ0n) is 12.9. The highest BCUT2D eigenvalue weighted by Gasteiger charge is 2.29. The number of hydrogen-bond donors (Lipinski definition) is 1. The lowest BCUT2D eigenvalue weighted by molar-refractivity contribution is 0.0694. The lowest BCUT2D eigenvalue weighted by Crippen LogP contribution is -2.22. The van der Waals surface area contributed by atoms with Gasteiger partial charge in [-0.05, 0) is 45.7 Å². The number of carboxylic acid groups (broad SMARTS) is 1. The molecule has 0 saturated heterocycles. The topological polar surface area (TPSA) is 68.5 Å². The van der Waals surface area contributed by atoms with Gasteiger partial charge in [0.15, 0.2) is 0 Å². The van der Waals surface area contributed by atoms with E-state index in [1.54, 1.807) is 19.1 Å². The van der Waals surface area contributed by atoms with Crippen LogP contribution in [0.5, 0.6) is 5.75 Å². The van der Waals surface area contributed by atoms with Gasteiger partial charge in [0, 0.05) is 23.2 Å². The molecule has 2 aromatic rings. The maximum atomic E-state index is 12.5. The Bertz CT molecular complexity index is 815. The van der Waals surface area contributed by atoms with Gasteiger partial charge in [-0.3, -0.25) is 4.79 Å². The Morgan fingerprint density at radius 3 is 2.59 bits per heavy atom. The molecule has 5 heteroatoms. The number of aromatic carboxylic acids is 1. The Labute approximate surface area is 128 Å². The van der Waals surface area contributed by atoms with Crippen LogP contribution in [0.25, 0.3) is 10.9 Å². The van der Waals surface area contributed by atoms with E-state index < -0.39 is 11.4 Å². The summed E-state index contributed by atoms with van der Waals surface area (Å²) in [5.41, 5.74) is 0.729. The zero-order chi connectivity index (χ0) is 16.0. The Balaban J connectivity index is 2.33. The van der Waals surface area contributed by atoms with Crippen molar-refractivity contribution >= 4 is 16.9 Å². The predicted molar refractivity (Wildman–Crippen MR) is 83.9 cm³/mol. The van der Waals surface area contributed by atoms with E-state index in [-0.39, 0.29) is 17.7 Å². The smallest absolute Gasteiger partial charge is 0.341 e. The van der Waals surface area contributed by atoms with E-state index in [0.29, 0.717) is 16.8 Å². The van der Waals surface area contributed by atoms with Gasteiger partial charge in [-0.15, -0.1) is 0 Å². The van der Waals surface area contributed by atoms with E-state index in [2.05, 4.69) is 0 Å². The number of benzene rings is 1. The summed E-state index contributed by atoms with van der Waals surface area (Å²) in [5.74, 6) is -0.472. The number of carbonyl (C=O) groups is 1. The van der Waals surface area contributed by atoms with Crippen LogP contribution in [0.3, 0.4) is 0 Å². The van der Waals surface area contributed by atoms with Crippen molar-refractivity contribution in [3.8, 4) is 5.75 Å². The summed E-state index contributed by atoms with van der Waals surface area (Å²) in [4.78, 5) is 23.9. The number of rotatable bonds is 4. The summed E-state index contributed by atoms with van der Waals surface area (Å²) in [6, 6.07) is 5.51. The molecule has 1 heterocycles. The molecule has 3 rings (SSSR count). The normalized spacial score (nSPS) is 14.5. The van der Waals surface area contributed by atoms with Crippen LogP contribution in [0.15, 0.2) is 23.0 Å². The fraction of sp³-hybridized carbons (Fsp3) is 0.412. The van der Waals surface area contributed by atoms with E-state index in [1.165, 1.54) is 0 Å². The lowest BCUT2D eigenvalue weighted by atomic mass is 10.1. The molecule has 0 spiro atoms. The largest absolute Gasteiger partial charge is 0.491 e. The molecule has 0 amide bonds. The zero-order valence-corrected chi connectivity index (χ0v) is 12.9. The Morgan fingerprint density at radius 1 is 1.36 bits per heavy atom. The summed E-state index contributed by atoms with van der Waals surface area (Å²) in [7, 11) is 0. The molecule has 0 radical (unpaired) electrons. The number of pyridine rings is 1. The van der Waals surface area contributed by atoms with Crippen molar-refractivity contribution in [3.63, 3.8) is 0 Å². The number of fused-ring (bicyclic) bond motifs is 1. The monoisotopic (exact) mass is 301 g/mol. The summed E-state index contributed by atoms with van der Waals surface area (Å²) < 4.78 is 7.68. The van der Waals surface area contributed by atoms with Crippen LogP contribution in [0.2, 0.25) is 0 Å². The molecule has 1 aliphatic carbocycles. The van der Waals surface area contributed by atoms with Crippen molar-refractivity contribution in [2.24, 2.45) is 0 Å². The van der Waals surface area contributed by atoms with Gasteiger partial charge in [-0.1, -0.05) is 0 Å². The third-order valence-corrected chi connectivity index (χ3v) is 3.92. The lowest BCUT2D eigenvalue weighted by Gasteiger charge is -2.17. The summed E-state index contributed by atoms with van der Waals surface area (Å²) in [6.07, 6.45) is 2.05. The SMILES string of the molecule is Cc1c(C(=O)O)c(=O)c2ccc(OC(C)C)cc2n1C1CC1. The quantitative estimate of drug-likeness (QED) is 0.942. The van der Waals surface area contributed by atoms with Crippen LogP contribution in [0, 0.1) is 6.92 Å². The molecular weight excluding hydrogens is 282 g/mol. The minimum atomic E-state index is -1.17. The molecule has 1 saturated carbocycles. The van der Waals surface area contributed by atoms with Crippen molar-refractivity contribution < 1.29 is 14.6 Å². The second-order valence-corrected chi connectivity index (χ2v) is 6.04. The van der Waals surface area contributed by atoms with Crippen LogP contribution < -0.4 is 10.2 Å². The summed E-state index contributed by atoms with van der Waals surface area (Å²) in [6.45, 7) is 5.59. The Morgan fingerprint density at radius 2 is 2.05 bits per heavy atom. The first-order valence-electron chi connectivity index (χ1n) is 7.49. The number of ether oxygens (including phenoxy) is 1. The second kappa shape index (κ2) is 5.16. The summed E-state index contributed by atoms with van der Waals surface area (Å²) in [5, 5.41) is 9.80. The first-order valence-corrected chi connectivity index (χ1v) is 7.49. The molecule has 1 aromatic carbocycles. The molecule has 22 heavy (non-hydrogen) atoms. The van der Waals surface area contributed by atoms with Crippen LogP contribution in [-0.4, -0.2) is 21.7 Å². The predicted octanol–water partition coefficient (Wildman–Crippen LogP) is 3.13. The fourth-order valence-electron chi connectivity index (χ4n) is 2.90. The van der Waals surface area contributed by atoms with Gasteiger partial charge in [0.2, 0.25) is 5.43 Å². The van der Waals surface area contributed by atoms with Crippen molar-refractivity contribution in [1.29, 1.82) is 0 Å². The molecule has 1 aliphatic rings. The molecule has 0 bridgehead atoms. The molecule has 1 N–H and O–H groups in total. The third-order valence-electron chi connectivity index (χ3n) is 3.92. The molecule has 5 nitrogen and oxygen atoms in total. The van der Waals surface area contributed by atoms with Crippen LogP contribution >= 0.6 is 0 Å².